The second kappa shape index (κ2) is 4.71. The average molecular weight is 293 g/mol. The number of nitrogens with zero attached hydrogens (tertiary/aromatic N) is 2. The zero-order chi connectivity index (χ0) is 12.8. The topological polar surface area (TPSA) is 25.8 Å². The maximum Gasteiger partial charge on any atom is 0.141 e. The van der Waals surface area contributed by atoms with Crippen LogP contribution in [0, 0.1) is 5.92 Å². The van der Waals surface area contributed by atoms with Crippen molar-refractivity contribution in [3.05, 3.63) is 21.4 Å². The molecule has 4 rings (SSSR count). The molecule has 0 atom stereocenters. The minimum Gasteiger partial charge on any atom is -0.222 e. The molecular weight excluding hydrogens is 276 g/mol. The first kappa shape index (κ1) is 12.1. The van der Waals surface area contributed by atoms with Crippen LogP contribution in [0.4, 0.5) is 0 Å². The Kier molecular flexibility index (Phi) is 3.00. The van der Waals surface area contributed by atoms with Crippen LogP contribution in [-0.4, -0.2) is 9.97 Å². The van der Waals surface area contributed by atoms with Crippen molar-refractivity contribution in [3.63, 3.8) is 0 Å². The second-order valence-corrected chi connectivity index (χ2v) is 7.26. The summed E-state index contributed by atoms with van der Waals surface area (Å²) in [5.74, 6) is 1.75. The van der Waals surface area contributed by atoms with Crippen LogP contribution in [0.15, 0.2) is 0 Å². The maximum absolute atomic E-state index is 6.44. The molecule has 0 unspecified atom stereocenters. The first-order valence-electron chi connectivity index (χ1n) is 7.28. The standard InChI is InChI=1S/C15H17ClN2S/c16-14-13-10-6-1-2-7-11(10)19-15(13)18-12(17-14)8-9-4-3-5-9/h9H,1-8H2. The van der Waals surface area contributed by atoms with Crippen molar-refractivity contribution < 1.29 is 0 Å². The summed E-state index contributed by atoms with van der Waals surface area (Å²) < 4.78 is 0. The number of aryl methyl sites for hydroxylation is 2. The van der Waals surface area contributed by atoms with Gasteiger partial charge in [-0.05, 0) is 37.2 Å². The van der Waals surface area contributed by atoms with E-state index in [1.807, 2.05) is 11.3 Å². The molecule has 100 valence electrons. The van der Waals surface area contributed by atoms with Crippen molar-refractivity contribution in [2.45, 2.75) is 51.4 Å². The first-order valence-corrected chi connectivity index (χ1v) is 8.47. The van der Waals surface area contributed by atoms with E-state index in [0.717, 1.165) is 34.8 Å². The normalized spacial score (nSPS) is 19.4. The molecule has 0 radical (unpaired) electrons. The average Bonchev–Trinajstić information content (AvgIpc) is 2.72. The second-order valence-electron chi connectivity index (χ2n) is 5.82. The highest BCUT2D eigenvalue weighted by molar-refractivity contribution is 7.19. The molecule has 0 aromatic carbocycles. The van der Waals surface area contributed by atoms with Crippen molar-refractivity contribution in [1.29, 1.82) is 0 Å². The lowest BCUT2D eigenvalue weighted by molar-refractivity contribution is 0.309. The van der Waals surface area contributed by atoms with Gasteiger partial charge in [0, 0.05) is 11.3 Å². The van der Waals surface area contributed by atoms with Gasteiger partial charge in [-0.1, -0.05) is 30.9 Å². The molecule has 1 saturated carbocycles. The summed E-state index contributed by atoms with van der Waals surface area (Å²) in [6.07, 6.45) is 9.98. The van der Waals surface area contributed by atoms with Crippen LogP contribution in [0.2, 0.25) is 5.15 Å². The van der Waals surface area contributed by atoms with E-state index in [0.29, 0.717) is 5.15 Å². The highest BCUT2D eigenvalue weighted by Crippen LogP contribution is 2.39. The molecule has 0 saturated heterocycles. The van der Waals surface area contributed by atoms with Crippen molar-refractivity contribution in [3.8, 4) is 0 Å². The Morgan fingerprint density at radius 3 is 2.74 bits per heavy atom. The monoisotopic (exact) mass is 292 g/mol. The van der Waals surface area contributed by atoms with E-state index < -0.39 is 0 Å². The Balaban J connectivity index is 1.78. The molecule has 0 spiro atoms. The summed E-state index contributed by atoms with van der Waals surface area (Å²) in [7, 11) is 0. The van der Waals surface area contributed by atoms with Gasteiger partial charge in [0.2, 0.25) is 0 Å². The fourth-order valence-corrected chi connectivity index (χ4v) is 4.84. The van der Waals surface area contributed by atoms with E-state index in [-0.39, 0.29) is 0 Å². The molecule has 0 N–H and O–H groups in total. The molecule has 19 heavy (non-hydrogen) atoms. The highest BCUT2D eigenvalue weighted by atomic mass is 35.5. The zero-order valence-corrected chi connectivity index (χ0v) is 12.5. The molecule has 2 aromatic heterocycles. The first-order chi connectivity index (χ1) is 9.31. The van der Waals surface area contributed by atoms with E-state index in [4.69, 9.17) is 16.6 Å². The molecule has 0 bridgehead atoms. The van der Waals surface area contributed by atoms with Crippen LogP contribution < -0.4 is 0 Å². The smallest absolute Gasteiger partial charge is 0.141 e. The number of fused-ring (bicyclic) bond motifs is 3. The van der Waals surface area contributed by atoms with Gasteiger partial charge in [-0.15, -0.1) is 11.3 Å². The predicted molar refractivity (Wildman–Crippen MR) is 80.1 cm³/mol. The van der Waals surface area contributed by atoms with Crippen molar-refractivity contribution in [1.82, 2.24) is 9.97 Å². The number of halogens is 1. The fourth-order valence-electron chi connectivity index (χ4n) is 3.20. The molecule has 4 heteroatoms. The molecule has 2 heterocycles. The maximum atomic E-state index is 6.44. The molecule has 2 aliphatic carbocycles. The fraction of sp³-hybridized carbons (Fsp3) is 0.600. The molecule has 0 amide bonds. The number of hydrogen-bond donors (Lipinski definition) is 0. The Morgan fingerprint density at radius 2 is 1.95 bits per heavy atom. The van der Waals surface area contributed by atoms with Gasteiger partial charge in [0.15, 0.2) is 0 Å². The van der Waals surface area contributed by atoms with E-state index in [9.17, 15) is 0 Å². The molecule has 2 nitrogen and oxygen atoms in total. The van der Waals surface area contributed by atoms with E-state index in [2.05, 4.69) is 4.98 Å². The third kappa shape index (κ3) is 2.07. The zero-order valence-electron chi connectivity index (χ0n) is 10.9. The molecule has 2 aliphatic rings. The summed E-state index contributed by atoms with van der Waals surface area (Å²) in [5, 5.41) is 1.84. The van der Waals surface area contributed by atoms with Crippen molar-refractivity contribution in [2.24, 2.45) is 5.92 Å². The van der Waals surface area contributed by atoms with Gasteiger partial charge in [0.25, 0.3) is 0 Å². The van der Waals surface area contributed by atoms with Gasteiger partial charge in [-0.2, -0.15) is 0 Å². The van der Waals surface area contributed by atoms with Crippen molar-refractivity contribution in [2.75, 3.05) is 0 Å². The SMILES string of the molecule is Clc1nc(CC2CCC2)nc2sc3c(c12)CCCC3. The Hall–Kier alpha value is -0.670. The van der Waals surface area contributed by atoms with Gasteiger partial charge in [-0.25, -0.2) is 9.97 Å². The van der Waals surface area contributed by atoms with E-state index in [1.54, 1.807) is 0 Å². The predicted octanol–water partition coefficient (Wildman–Crippen LogP) is 4.57. The van der Waals surface area contributed by atoms with Crippen LogP contribution in [0.5, 0.6) is 0 Å². The molecule has 1 fully saturated rings. The lowest BCUT2D eigenvalue weighted by atomic mass is 9.83. The minimum absolute atomic E-state index is 0.693. The van der Waals surface area contributed by atoms with Crippen LogP contribution >= 0.6 is 22.9 Å². The Bertz CT molecular complexity index is 631. The number of hydrogen-bond acceptors (Lipinski definition) is 3. The number of aromatic nitrogens is 2. The molecule has 2 aromatic rings. The van der Waals surface area contributed by atoms with Crippen LogP contribution in [0.25, 0.3) is 10.2 Å². The van der Waals surface area contributed by atoms with E-state index >= 15 is 0 Å². The highest BCUT2D eigenvalue weighted by Gasteiger charge is 2.23. The van der Waals surface area contributed by atoms with E-state index in [1.165, 1.54) is 49.0 Å². The summed E-state index contributed by atoms with van der Waals surface area (Å²) in [5.41, 5.74) is 1.44. The van der Waals surface area contributed by atoms with Gasteiger partial charge in [0.1, 0.15) is 15.8 Å². The quantitative estimate of drug-likeness (QED) is 0.758. The van der Waals surface area contributed by atoms with Gasteiger partial charge < -0.3 is 0 Å². The summed E-state index contributed by atoms with van der Waals surface area (Å²) >= 11 is 8.29. The Morgan fingerprint density at radius 1 is 1.11 bits per heavy atom. The third-order valence-electron chi connectivity index (χ3n) is 4.51. The third-order valence-corrected chi connectivity index (χ3v) is 5.97. The Labute approximate surface area is 122 Å². The number of thiophene rings is 1. The molecular formula is C15H17ClN2S. The van der Waals surface area contributed by atoms with Crippen LogP contribution in [0.1, 0.15) is 48.4 Å². The van der Waals surface area contributed by atoms with Gasteiger partial charge >= 0.3 is 0 Å². The van der Waals surface area contributed by atoms with Gasteiger partial charge in [0.05, 0.1) is 5.39 Å². The largest absolute Gasteiger partial charge is 0.222 e. The summed E-state index contributed by atoms with van der Waals surface area (Å²) in [6.45, 7) is 0. The lowest BCUT2D eigenvalue weighted by Gasteiger charge is -2.24. The van der Waals surface area contributed by atoms with Crippen LogP contribution in [0.3, 0.4) is 0 Å². The summed E-state index contributed by atoms with van der Waals surface area (Å²) in [4.78, 5) is 12.0. The van der Waals surface area contributed by atoms with Crippen LogP contribution in [-0.2, 0) is 19.3 Å². The lowest BCUT2D eigenvalue weighted by Crippen LogP contribution is -2.15. The van der Waals surface area contributed by atoms with Gasteiger partial charge in [-0.3, -0.25) is 0 Å². The minimum atomic E-state index is 0.693. The number of rotatable bonds is 2. The summed E-state index contributed by atoms with van der Waals surface area (Å²) in [6, 6.07) is 0. The van der Waals surface area contributed by atoms with Crippen molar-refractivity contribution >= 4 is 33.2 Å². The molecule has 0 aliphatic heterocycles.